The fourth-order valence-electron chi connectivity index (χ4n) is 3.15. The zero-order valence-corrected chi connectivity index (χ0v) is 12.9. The summed E-state index contributed by atoms with van der Waals surface area (Å²) in [4.78, 5) is 16.3. The zero-order valence-electron chi connectivity index (χ0n) is 12.9. The highest BCUT2D eigenvalue weighted by atomic mass is 16.1. The molecular weight excluding hydrogens is 270 g/mol. The summed E-state index contributed by atoms with van der Waals surface area (Å²) in [5, 5.41) is 0. The number of hydrogen-bond donors (Lipinski definition) is 0. The van der Waals surface area contributed by atoms with E-state index in [0.29, 0.717) is 0 Å². The largest absolute Gasteiger partial charge is 0.303 e. The number of nitrogens with zero attached hydrogens (tertiary/aromatic N) is 1. The van der Waals surface area contributed by atoms with E-state index in [0.717, 1.165) is 42.4 Å². The minimum Gasteiger partial charge on any atom is -0.303 e. The highest BCUT2D eigenvalue weighted by Crippen LogP contribution is 2.37. The molecule has 0 aromatic heterocycles. The van der Waals surface area contributed by atoms with E-state index in [2.05, 4.69) is 24.3 Å². The van der Waals surface area contributed by atoms with E-state index in [1.54, 1.807) is 0 Å². The zero-order chi connectivity index (χ0) is 15.4. The Bertz CT molecular complexity index is 621. The smallest absolute Gasteiger partial charge is 0.125 e. The lowest BCUT2D eigenvalue weighted by Gasteiger charge is -2.15. The van der Waals surface area contributed by atoms with Crippen LogP contribution in [0.25, 0.3) is 0 Å². The molecule has 0 radical (unpaired) electrons. The van der Waals surface area contributed by atoms with Gasteiger partial charge in [-0.05, 0) is 19.3 Å². The molecule has 1 fully saturated rings. The van der Waals surface area contributed by atoms with Crippen molar-refractivity contribution in [2.45, 2.75) is 32.2 Å². The quantitative estimate of drug-likeness (QED) is 0.610. The third-order valence-corrected chi connectivity index (χ3v) is 4.44. The van der Waals surface area contributed by atoms with Gasteiger partial charge >= 0.3 is 0 Å². The van der Waals surface area contributed by atoms with E-state index in [-0.39, 0.29) is 11.5 Å². The van der Waals surface area contributed by atoms with Gasteiger partial charge < -0.3 is 4.79 Å². The lowest BCUT2D eigenvalue weighted by Crippen LogP contribution is -2.15. The van der Waals surface area contributed by atoms with E-state index in [4.69, 9.17) is 4.99 Å². The summed E-state index contributed by atoms with van der Waals surface area (Å²) >= 11 is 0. The Labute approximate surface area is 131 Å². The van der Waals surface area contributed by atoms with Crippen LogP contribution in [0.3, 0.4) is 0 Å². The van der Waals surface area contributed by atoms with Crippen LogP contribution < -0.4 is 0 Å². The van der Waals surface area contributed by atoms with Crippen LogP contribution in [0.4, 0.5) is 0 Å². The second kappa shape index (κ2) is 6.27. The standard InChI is InChI=1S/C20H21NO/c1-20(15-22)13-12-18(14-20)21-19(16-8-4-2-5-9-16)17-10-6-3-7-11-17/h2-11,15,18H,12-14H2,1H3/t18-,20?/m1/s1. The Morgan fingerprint density at radius 3 is 2.05 bits per heavy atom. The molecule has 22 heavy (non-hydrogen) atoms. The molecular formula is C20H21NO. The van der Waals surface area contributed by atoms with Gasteiger partial charge in [-0.1, -0.05) is 67.6 Å². The van der Waals surface area contributed by atoms with Crippen LogP contribution in [0.5, 0.6) is 0 Å². The van der Waals surface area contributed by atoms with Gasteiger partial charge in [0.2, 0.25) is 0 Å². The average Bonchev–Trinajstić information content (AvgIpc) is 2.96. The summed E-state index contributed by atoms with van der Waals surface area (Å²) in [7, 11) is 0. The lowest BCUT2D eigenvalue weighted by atomic mass is 9.91. The number of carbonyl (C=O) groups is 1. The molecule has 0 amide bonds. The van der Waals surface area contributed by atoms with E-state index in [1.807, 2.05) is 43.3 Å². The lowest BCUT2D eigenvalue weighted by molar-refractivity contribution is -0.115. The molecule has 3 rings (SSSR count). The van der Waals surface area contributed by atoms with Gasteiger partial charge in [-0.25, -0.2) is 0 Å². The second-order valence-corrected chi connectivity index (χ2v) is 6.38. The van der Waals surface area contributed by atoms with Gasteiger partial charge in [0, 0.05) is 16.5 Å². The minimum atomic E-state index is -0.202. The molecule has 112 valence electrons. The van der Waals surface area contributed by atoms with Crippen molar-refractivity contribution in [3.8, 4) is 0 Å². The molecule has 1 aliphatic rings. The first kappa shape index (κ1) is 14.7. The van der Waals surface area contributed by atoms with Crippen molar-refractivity contribution in [2.24, 2.45) is 10.4 Å². The maximum absolute atomic E-state index is 11.3. The van der Waals surface area contributed by atoms with Crippen LogP contribution in [-0.2, 0) is 4.79 Å². The Kier molecular flexibility index (Phi) is 4.19. The van der Waals surface area contributed by atoms with E-state index in [9.17, 15) is 4.79 Å². The van der Waals surface area contributed by atoms with Crippen molar-refractivity contribution in [3.63, 3.8) is 0 Å². The molecule has 0 bridgehead atoms. The van der Waals surface area contributed by atoms with Crippen LogP contribution in [0.2, 0.25) is 0 Å². The van der Waals surface area contributed by atoms with Crippen molar-refractivity contribution in [2.75, 3.05) is 0 Å². The molecule has 0 heterocycles. The summed E-state index contributed by atoms with van der Waals surface area (Å²) in [6, 6.07) is 20.8. The summed E-state index contributed by atoms with van der Waals surface area (Å²) in [6.45, 7) is 2.04. The Morgan fingerprint density at radius 1 is 1.05 bits per heavy atom. The van der Waals surface area contributed by atoms with Crippen molar-refractivity contribution < 1.29 is 4.79 Å². The van der Waals surface area contributed by atoms with Gasteiger partial charge in [0.15, 0.2) is 0 Å². The average molecular weight is 291 g/mol. The predicted molar refractivity (Wildman–Crippen MR) is 90.3 cm³/mol. The number of carbonyl (C=O) groups excluding carboxylic acids is 1. The SMILES string of the molecule is CC1(C=O)CC[C@@H](N=C(c2ccccc2)c2ccccc2)C1. The summed E-state index contributed by atoms with van der Waals surface area (Å²) in [6.07, 6.45) is 3.87. The second-order valence-electron chi connectivity index (χ2n) is 6.38. The topological polar surface area (TPSA) is 29.4 Å². The maximum Gasteiger partial charge on any atom is 0.125 e. The van der Waals surface area contributed by atoms with Crippen molar-refractivity contribution >= 4 is 12.0 Å². The number of rotatable bonds is 4. The molecule has 1 unspecified atom stereocenters. The summed E-state index contributed by atoms with van der Waals surface area (Å²) < 4.78 is 0. The molecule has 2 aromatic rings. The molecule has 2 aromatic carbocycles. The fourth-order valence-corrected chi connectivity index (χ4v) is 3.15. The van der Waals surface area contributed by atoms with Crippen LogP contribution in [-0.4, -0.2) is 18.0 Å². The van der Waals surface area contributed by atoms with Crippen molar-refractivity contribution in [1.29, 1.82) is 0 Å². The van der Waals surface area contributed by atoms with Gasteiger partial charge in [0.05, 0.1) is 11.8 Å². The third-order valence-electron chi connectivity index (χ3n) is 4.44. The Morgan fingerprint density at radius 2 is 1.59 bits per heavy atom. The van der Waals surface area contributed by atoms with Crippen LogP contribution in [0.1, 0.15) is 37.3 Å². The van der Waals surface area contributed by atoms with Crippen molar-refractivity contribution in [3.05, 3.63) is 71.8 Å². The first-order valence-electron chi connectivity index (χ1n) is 7.85. The minimum absolute atomic E-state index is 0.202. The highest BCUT2D eigenvalue weighted by molar-refractivity contribution is 6.12. The fraction of sp³-hybridized carbons (Fsp3) is 0.300. The molecule has 0 N–H and O–H groups in total. The van der Waals surface area contributed by atoms with Crippen molar-refractivity contribution in [1.82, 2.24) is 0 Å². The first-order chi connectivity index (χ1) is 10.7. The molecule has 0 saturated heterocycles. The van der Waals surface area contributed by atoms with Gasteiger partial charge in [0.1, 0.15) is 6.29 Å². The Balaban J connectivity index is 1.96. The number of benzene rings is 2. The molecule has 1 aliphatic carbocycles. The first-order valence-corrected chi connectivity index (χ1v) is 7.85. The summed E-state index contributed by atoms with van der Waals surface area (Å²) in [5.41, 5.74) is 3.09. The highest BCUT2D eigenvalue weighted by Gasteiger charge is 2.34. The number of hydrogen-bond acceptors (Lipinski definition) is 2. The third kappa shape index (κ3) is 3.16. The van der Waals surface area contributed by atoms with Gasteiger partial charge in [-0.15, -0.1) is 0 Å². The number of aldehydes is 1. The van der Waals surface area contributed by atoms with Crippen LogP contribution in [0, 0.1) is 5.41 Å². The molecule has 0 aliphatic heterocycles. The molecule has 1 saturated carbocycles. The van der Waals surface area contributed by atoms with Crippen LogP contribution in [0.15, 0.2) is 65.7 Å². The predicted octanol–water partition coefficient (Wildman–Crippen LogP) is 4.28. The molecule has 2 atom stereocenters. The Hall–Kier alpha value is -2.22. The van der Waals surface area contributed by atoms with Gasteiger partial charge in [-0.2, -0.15) is 0 Å². The van der Waals surface area contributed by atoms with Gasteiger partial charge in [-0.3, -0.25) is 4.99 Å². The van der Waals surface area contributed by atoms with Crippen LogP contribution >= 0.6 is 0 Å². The van der Waals surface area contributed by atoms with E-state index < -0.39 is 0 Å². The summed E-state index contributed by atoms with van der Waals surface area (Å²) in [5.74, 6) is 0. The molecule has 0 spiro atoms. The normalized spacial score (nSPS) is 24.0. The molecule has 2 heteroatoms. The number of aliphatic imine (C=N–C) groups is 1. The van der Waals surface area contributed by atoms with E-state index in [1.165, 1.54) is 0 Å². The van der Waals surface area contributed by atoms with Gasteiger partial charge in [0.25, 0.3) is 0 Å². The molecule has 2 nitrogen and oxygen atoms in total. The monoisotopic (exact) mass is 291 g/mol. The maximum atomic E-state index is 11.3. The van der Waals surface area contributed by atoms with E-state index >= 15 is 0 Å².